The van der Waals surface area contributed by atoms with Crippen LogP contribution in [-0.4, -0.2) is 10.5 Å². The summed E-state index contributed by atoms with van der Waals surface area (Å²) < 4.78 is 40.8. The minimum Gasteiger partial charge on any atom is -0.350 e. The third kappa shape index (κ3) is 2.79. The van der Waals surface area contributed by atoms with Crippen LogP contribution in [0, 0.1) is 0 Å². The Hall–Kier alpha value is -2.76. The summed E-state index contributed by atoms with van der Waals surface area (Å²) in [5.74, 6) is -0.575. The number of benzene rings is 2. The molecule has 2 aromatic carbocycles. The van der Waals surface area contributed by atoms with Gasteiger partial charge in [0.2, 0.25) is 0 Å². The van der Waals surface area contributed by atoms with E-state index < -0.39 is 17.6 Å². The maximum Gasteiger partial charge on any atom is 0.418 e. The number of nitrogens with one attached hydrogen (secondary N) is 1. The highest BCUT2D eigenvalue weighted by Crippen LogP contribution is 2.35. The highest BCUT2D eigenvalue weighted by atomic mass is 19.4. The molecule has 0 atom stereocenters. The number of halogens is 3. The molecule has 1 amide bonds. The van der Waals surface area contributed by atoms with E-state index in [0.29, 0.717) is 11.1 Å². The van der Waals surface area contributed by atoms with Gasteiger partial charge >= 0.3 is 6.18 Å². The lowest BCUT2D eigenvalue weighted by atomic mass is 10.1. The second-order valence-corrected chi connectivity index (χ2v) is 5.17. The number of carbonyl (C=O) groups is 1. The number of nitrogens with zero attached hydrogens (tertiary/aromatic N) is 1. The highest BCUT2D eigenvalue weighted by molar-refractivity contribution is 6.12. The van der Waals surface area contributed by atoms with Gasteiger partial charge in [0.05, 0.1) is 22.3 Å². The number of anilines is 1. The molecule has 118 valence electrons. The molecule has 0 bridgehead atoms. The fourth-order valence-electron chi connectivity index (χ4n) is 2.57. The maximum atomic E-state index is 13.0. The van der Waals surface area contributed by atoms with Gasteiger partial charge in [0.15, 0.2) is 0 Å². The van der Waals surface area contributed by atoms with Gasteiger partial charge in [-0.2, -0.15) is 13.2 Å². The summed E-state index contributed by atoms with van der Waals surface area (Å²) in [4.78, 5) is 12.5. The lowest BCUT2D eigenvalue weighted by molar-refractivity contribution is -0.136. The van der Waals surface area contributed by atoms with Gasteiger partial charge in [-0.1, -0.05) is 24.3 Å². The lowest BCUT2D eigenvalue weighted by Crippen LogP contribution is -2.17. The number of hydrogen-bond acceptors (Lipinski definition) is 1. The van der Waals surface area contributed by atoms with E-state index in [1.807, 2.05) is 12.1 Å². The molecule has 0 unspecified atom stereocenters. The molecular formula is C17H13F3N2O. The summed E-state index contributed by atoms with van der Waals surface area (Å²) >= 11 is 0. The topological polar surface area (TPSA) is 34.0 Å². The largest absolute Gasteiger partial charge is 0.418 e. The van der Waals surface area contributed by atoms with Crippen LogP contribution in [-0.2, 0) is 13.2 Å². The van der Waals surface area contributed by atoms with Crippen molar-refractivity contribution in [3.05, 3.63) is 65.9 Å². The first-order valence-corrected chi connectivity index (χ1v) is 6.89. The van der Waals surface area contributed by atoms with E-state index in [1.54, 1.807) is 29.9 Å². The van der Waals surface area contributed by atoms with Crippen molar-refractivity contribution in [2.24, 2.45) is 7.05 Å². The Morgan fingerprint density at radius 3 is 2.52 bits per heavy atom. The molecule has 6 heteroatoms. The molecule has 1 aromatic heterocycles. The smallest absolute Gasteiger partial charge is 0.350 e. The van der Waals surface area contributed by atoms with Crippen molar-refractivity contribution in [3.8, 4) is 0 Å². The number of aromatic nitrogens is 1. The van der Waals surface area contributed by atoms with Crippen molar-refractivity contribution in [2.75, 3.05) is 5.32 Å². The molecule has 1 heterocycles. The molecule has 0 saturated carbocycles. The molecule has 0 radical (unpaired) electrons. The van der Waals surface area contributed by atoms with E-state index in [1.165, 1.54) is 18.2 Å². The molecule has 0 aliphatic rings. The van der Waals surface area contributed by atoms with Gasteiger partial charge in [0, 0.05) is 18.6 Å². The summed E-state index contributed by atoms with van der Waals surface area (Å²) in [5.41, 5.74) is -0.120. The molecule has 0 spiro atoms. The van der Waals surface area contributed by atoms with Gasteiger partial charge in [0.25, 0.3) is 5.91 Å². The van der Waals surface area contributed by atoms with E-state index >= 15 is 0 Å². The average Bonchev–Trinajstić information content (AvgIpc) is 2.88. The minimum atomic E-state index is -4.53. The number of alkyl halides is 3. The van der Waals surface area contributed by atoms with E-state index in [-0.39, 0.29) is 5.69 Å². The Kier molecular flexibility index (Phi) is 3.60. The molecule has 1 N–H and O–H groups in total. The summed E-state index contributed by atoms with van der Waals surface area (Å²) in [5, 5.41) is 3.22. The van der Waals surface area contributed by atoms with Crippen LogP contribution >= 0.6 is 0 Å². The zero-order valence-electron chi connectivity index (χ0n) is 12.2. The lowest BCUT2D eigenvalue weighted by Gasteiger charge is -2.14. The third-order valence-corrected chi connectivity index (χ3v) is 3.62. The van der Waals surface area contributed by atoms with Crippen molar-refractivity contribution in [3.63, 3.8) is 0 Å². The normalized spacial score (nSPS) is 11.7. The predicted octanol–water partition coefficient (Wildman–Crippen LogP) is 4.45. The molecule has 0 saturated heterocycles. The first-order chi connectivity index (χ1) is 10.9. The van der Waals surface area contributed by atoms with Crippen LogP contribution in [0.4, 0.5) is 18.9 Å². The summed E-state index contributed by atoms with van der Waals surface area (Å²) in [6.45, 7) is 0. The van der Waals surface area contributed by atoms with Gasteiger partial charge in [-0.15, -0.1) is 0 Å². The Balaban J connectivity index is 2.01. The van der Waals surface area contributed by atoms with Gasteiger partial charge in [-0.3, -0.25) is 4.79 Å². The highest BCUT2D eigenvalue weighted by Gasteiger charge is 2.33. The zero-order chi connectivity index (χ0) is 16.6. The van der Waals surface area contributed by atoms with Crippen LogP contribution in [0.25, 0.3) is 10.9 Å². The number of amides is 1. The average molecular weight is 318 g/mol. The van der Waals surface area contributed by atoms with Gasteiger partial charge < -0.3 is 9.88 Å². The van der Waals surface area contributed by atoms with Gasteiger partial charge in [0.1, 0.15) is 0 Å². The SMILES string of the molecule is Cn1ccc2cccc(C(=O)Nc3ccccc3C(F)(F)F)c21. The summed E-state index contributed by atoms with van der Waals surface area (Å²) in [6.07, 6.45) is -2.73. The first kappa shape index (κ1) is 15.1. The van der Waals surface area contributed by atoms with Crippen molar-refractivity contribution < 1.29 is 18.0 Å². The van der Waals surface area contributed by atoms with E-state index in [9.17, 15) is 18.0 Å². The van der Waals surface area contributed by atoms with Crippen molar-refractivity contribution in [1.29, 1.82) is 0 Å². The van der Waals surface area contributed by atoms with Gasteiger partial charge in [-0.05, 0) is 24.3 Å². The molecule has 3 aromatic rings. The quantitative estimate of drug-likeness (QED) is 0.744. The van der Waals surface area contributed by atoms with Crippen LogP contribution in [0.3, 0.4) is 0 Å². The monoisotopic (exact) mass is 318 g/mol. The van der Waals surface area contributed by atoms with Crippen LogP contribution in [0.2, 0.25) is 0 Å². The molecule has 3 rings (SSSR count). The predicted molar refractivity (Wildman–Crippen MR) is 82.3 cm³/mol. The zero-order valence-corrected chi connectivity index (χ0v) is 12.2. The van der Waals surface area contributed by atoms with E-state index in [2.05, 4.69) is 5.32 Å². The number of aryl methyl sites for hydroxylation is 1. The minimum absolute atomic E-state index is 0.254. The Morgan fingerprint density at radius 1 is 1.04 bits per heavy atom. The van der Waals surface area contributed by atoms with E-state index in [0.717, 1.165) is 11.5 Å². The van der Waals surface area contributed by atoms with Crippen molar-refractivity contribution in [1.82, 2.24) is 4.57 Å². The van der Waals surface area contributed by atoms with Crippen molar-refractivity contribution >= 4 is 22.5 Å². The number of hydrogen-bond donors (Lipinski definition) is 1. The fraction of sp³-hybridized carbons (Fsp3) is 0.118. The van der Waals surface area contributed by atoms with Crippen LogP contribution in [0.15, 0.2) is 54.7 Å². The number of carbonyl (C=O) groups excluding carboxylic acids is 1. The standard InChI is InChI=1S/C17H13F3N2O/c1-22-10-9-11-5-4-6-12(15(11)22)16(23)21-14-8-3-2-7-13(14)17(18,19)20/h2-10H,1H3,(H,21,23). The summed E-state index contributed by atoms with van der Waals surface area (Å²) in [7, 11) is 1.78. The maximum absolute atomic E-state index is 13.0. The molecular weight excluding hydrogens is 305 g/mol. The van der Waals surface area contributed by atoms with Crippen LogP contribution in [0.5, 0.6) is 0 Å². The summed E-state index contributed by atoms with van der Waals surface area (Å²) in [6, 6.07) is 11.9. The number of fused-ring (bicyclic) bond motifs is 1. The second kappa shape index (κ2) is 5.46. The molecule has 0 fully saturated rings. The molecule has 0 aliphatic carbocycles. The molecule has 3 nitrogen and oxygen atoms in total. The number of rotatable bonds is 2. The van der Waals surface area contributed by atoms with Crippen LogP contribution < -0.4 is 5.32 Å². The van der Waals surface area contributed by atoms with E-state index in [4.69, 9.17) is 0 Å². The van der Waals surface area contributed by atoms with Crippen molar-refractivity contribution in [2.45, 2.75) is 6.18 Å². The Bertz CT molecular complexity index is 881. The molecule has 0 aliphatic heterocycles. The molecule has 23 heavy (non-hydrogen) atoms. The van der Waals surface area contributed by atoms with Gasteiger partial charge in [-0.25, -0.2) is 0 Å². The first-order valence-electron chi connectivity index (χ1n) is 6.89. The Morgan fingerprint density at radius 2 is 1.78 bits per heavy atom. The number of para-hydroxylation sites is 2. The van der Waals surface area contributed by atoms with Crippen LogP contribution in [0.1, 0.15) is 15.9 Å². The third-order valence-electron chi connectivity index (χ3n) is 3.62. The second-order valence-electron chi connectivity index (χ2n) is 5.17. The fourth-order valence-corrected chi connectivity index (χ4v) is 2.57. The Labute approximate surface area is 130 Å².